The van der Waals surface area contributed by atoms with Gasteiger partial charge in [-0.3, -0.25) is 10.2 Å². The zero-order valence-corrected chi connectivity index (χ0v) is 14.4. The molecule has 1 N–H and O–H groups in total. The summed E-state index contributed by atoms with van der Waals surface area (Å²) < 4.78 is 43.4. The smallest absolute Gasteiger partial charge is 0.416 e. The number of carbonyl (C=O) groups excluding carboxylic acids is 1. The van der Waals surface area contributed by atoms with Crippen molar-refractivity contribution in [1.29, 1.82) is 0 Å². The molecule has 0 saturated heterocycles. The van der Waals surface area contributed by atoms with Crippen LogP contribution in [0.2, 0.25) is 0 Å². The standard InChI is InChI=1S/C16H16F3N3O2S/c1-3-24-14(23)7-12-9-25-15(21-12)22-20-8-11-5-4-10(2)13(6-11)16(17,18)19/h4-6,8-9H,3,7H2,1-2H3,(H,21,22). The lowest BCUT2D eigenvalue weighted by Crippen LogP contribution is -2.08. The number of rotatable bonds is 6. The maximum atomic E-state index is 12.9. The number of benzene rings is 1. The van der Waals surface area contributed by atoms with Crippen LogP contribution in [0.3, 0.4) is 0 Å². The molecule has 5 nitrogen and oxygen atoms in total. The number of anilines is 1. The van der Waals surface area contributed by atoms with Gasteiger partial charge in [-0.05, 0) is 31.0 Å². The van der Waals surface area contributed by atoms with Crippen molar-refractivity contribution in [3.63, 3.8) is 0 Å². The Labute approximate surface area is 146 Å². The van der Waals surface area contributed by atoms with Crippen LogP contribution in [0.25, 0.3) is 0 Å². The molecule has 25 heavy (non-hydrogen) atoms. The van der Waals surface area contributed by atoms with Crippen LogP contribution in [0.15, 0.2) is 28.7 Å². The third-order valence-corrected chi connectivity index (χ3v) is 3.92. The molecule has 0 bridgehead atoms. The molecule has 0 fully saturated rings. The second-order valence-corrected chi connectivity index (χ2v) is 5.93. The van der Waals surface area contributed by atoms with Gasteiger partial charge >= 0.3 is 12.1 Å². The Morgan fingerprint density at radius 1 is 1.44 bits per heavy atom. The van der Waals surface area contributed by atoms with Crippen LogP contribution in [0.4, 0.5) is 18.3 Å². The molecule has 2 rings (SSSR count). The third-order valence-electron chi connectivity index (χ3n) is 3.12. The van der Waals surface area contributed by atoms with Gasteiger partial charge in [-0.2, -0.15) is 18.3 Å². The fraction of sp³-hybridized carbons (Fsp3) is 0.312. The zero-order valence-electron chi connectivity index (χ0n) is 13.6. The highest BCUT2D eigenvalue weighted by molar-refractivity contribution is 7.13. The quantitative estimate of drug-likeness (QED) is 0.473. The molecule has 0 spiro atoms. The van der Waals surface area contributed by atoms with Crippen LogP contribution < -0.4 is 5.43 Å². The van der Waals surface area contributed by atoms with Gasteiger partial charge in [0.1, 0.15) is 0 Å². The molecule has 0 atom stereocenters. The summed E-state index contributed by atoms with van der Waals surface area (Å²) in [6.45, 7) is 3.42. The highest BCUT2D eigenvalue weighted by Crippen LogP contribution is 2.32. The molecular formula is C16H16F3N3O2S. The fourth-order valence-electron chi connectivity index (χ4n) is 1.99. The lowest BCUT2D eigenvalue weighted by molar-refractivity contribution is -0.142. The predicted molar refractivity (Wildman–Crippen MR) is 89.8 cm³/mol. The number of carbonyl (C=O) groups is 1. The summed E-state index contributed by atoms with van der Waals surface area (Å²) >= 11 is 1.23. The Morgan fingerprint density at radius 2 is 2.20 bits per heavy atom. The summed E-state index contributed by atoms with van der Waals surface area (Å²) in [5.74, 6) is -0.373. The Hall–Kier alpha value is -2.42. The molecule has 1 aromatic carbocycles. The van der Waals surface area contributed by atoms with Crippen molar-refractivity contribution in [2.45, 2.75) is 26.4 Å². The van der Waals surface area contributed by atoms with E-state index in [1.54, 1.807) is 18.4 Å². The highest BCUT2D eigenvalue weighted by Gasteiger charge is 2.32. The molecule has 9 heteroatoms. The van der Waals surface area contributed by atoms with Gasteiger partial charge in [-0.15, -0.1) is 11.3 Å². The van der Waals surface area contributed by atoms with Crippen molar-refractivity contribution in [3.05, 3.63) is 46.0 Å². The molecular weight excluding hydrogens is 355 g/mol. The number of hydrogen-bond acceptors (Lipinski definition) is 6. The first-order chi connectivity index (χ1) is 11.8. The molecule has 0 aliphatic rings. The average molecular weight is 371 g/mol. The van der Waals surface area contributed by atoms with Gasteiger partial charge in [-0.1, -0.05) is 12.1 Å². The molecule has 0 aliphatic heterocycles. The number of nitrogens with one attached hydrogen (secondary N) is 1. The van der Waals surface area contributed by atoms with Crippen molar-refractivity contribution in [2.75, 3.05) is 12.0 Å². The highest BCUT2D eigenvalue weighted by atomic mass is 32.1. The van der Waals surface area contributed by atoms with E-state index in [1.807, 2.05) is 0 Å². The van der Waals surface area contributed by atoms with Crippen LogP contribution in [0, 0.1) is 6.92 Å². The van der Waals surface area contributed by atoms with Gasteiger partial charge in [-0.25, -0.2) is 4.98 Å². The lowest BCUT2D eigenvalue weighted by atomic mass is 10.1. The Kier molecular flexibility index (Phi) is 6.13. The van der Waals surface area contributed by atoms with Crippen LogP contribution in [-0.2, 0) is 22.1 Å². The van der Waals surface area contributed by atoms with E-state index in [4.69, 9.17) is 4.74 Å². The topological polar surface area (TPSA) is 63.6 Å². The molecule has 0 unspecified atom stereocenters. The predicted octanol–water partition coefficient (Wildman–Crippen LogP) is 4.02. The first kappa shape index (κ1) is 18.9. The summed E-state index contributed by atoms with van der Waals surface area (Å²) in [4.78, 5) is 15.5. The first-order valence-corrected chi connectivity index (χ1v) is 8.24. The number of nitrogens with zero attached hydrogens (tertiary/aromatic N) is 2. The summed E-state index contributed by atoms with van der Waals surface area (Å²) in [7, 11) is 0. The number of thiazole rings is 1. The molecule has 2 aromatic rings. The number of aryl methyl sites for hydroxylation is 1. The van der Waals surface area contributed by atoms with Gasteiger partial charge in [0.15, 0.2) is 0 Å². The van der Waals surface area contributed by atoms with Gasteiger partial charge in [0.05, 0.1) is 30.5 Å². The second kappa shape index (κ2) is 8.11. The number of esters is 1. The molecule has 1 heterocycles. The van der Waals surface area contributed by atoms with Gasteiger partial charge < -0.3 is 4.74 Å². The van der Waals surface area contributed by atoms with Crippen LogP contribution in [0.5, 0.6) is 0 Å². The number of alkyl halides is 3. The van der Waals surface area contributed by atoms with E-state index >= 15 is 0 Å². The average Bonchev–Trinajstić information content (AvgIpc) is 2.95. The van der Waals surface area contributed by atoms with E-state index in [0.717, 1.165) is 6.07 Å². The third kappa shape index (κ3) is 5.56. The summed E-state index contributed by atoms with van der Waals surface area (Å²) in [5.41, 5.74) is 2.95. The van der Waals surface area contributed by atoms with E-state index in [0.29, 0.717) is 23.0 Å². The van der Waals surface area contributed by atoms with Crippen LogP contribution >= 0.6 is 11.3 Å². The number of ether oxygens (including phenoxy) is 1. The zero-order chi connectivity index (χ0) is 18.4. The van der Waals surface area contributed by atoms with Gasteiger partial charge in [0.25, 0.3) is 0 Å². The lowest BCUT2D eigenvalue weighted by Gasteiger charge is -2.10. The normalized spacial score (nSPS) is 11.7. The summed E-state index contributed by atoms with van der Waals surface area (Å²) in [6.07, 6.45) is -3.07. The van der Waals surface area contributed by atoms with Crippen LogP contribution in [0.1, 0.15) is 29.3 Å². The summed E-state index contributed by atoms with van der Waals surface area (Å²) in [5, 5.41) is 6.00. The Morgan fingerprint density at radius 3 is 2.88 bits per heavy atom. The Bertz CT molecular complexity index is 772. The minimum Gasteiger partial charge on any atom is -0.466 e. The molecule has 0 aliphatic carbocycles. The monoisotopic (exact) mass is 371 g/mol. The number of hydrogen-bond donors (Lipinski definition) is 1. The van der Waals surface area contributed by atoms with Crippen molar-refractivity contribution in [2.24, 2.45) is 5.10 Å². The van der Waals surface area contributed by atoms with E-state index in [2.05, 4.69) is 15.5 Å². The molecule has 0 amide bonds. The van der Waals surface area contributed by atoms with Crippen LogP contribution in [-0.4, -0.2) is 23.8 Å². The molecule has 0 saturated carbocycles. The molecule has 134 valence electrons. The van der Waals surface area contributed by atoms with E-state index in [-0.39, 0.29) is 18.0 Å². The minimum absolute atomic E-state index is 0.0582. The van der Waals surface area contributed by atoms with E-state index in [1.165, 1.54) is 30.5 Å². The van der Waals surface area contributed by atoms with Gasteiger partial charge in [0.2, 0.25) is 5.13 Å². The molecule has 0 radical (unpaired) electrons. The maximum Gasteiger partial charge on any atom is 0.416 e. The van der Waals surface area contributed by atoms with Crippen molar-refractivity contribution < 1.29 is 22.7 Å². The molecule has 1 aromatic heterocycles. The van der Waals surface area contributed by atoms with E-state index in [9.17, 15) is 18.0 Å². The largest absolute Gasteiger partial charge is 0.466 e. The SMILES string of the molecule is CCOC(=O)Cc1csc(NN=Cc2ccc(C)c(C(F)(F)F)c2)n1. The maximum absolute atomic E-state index is 12.9. The number of halogens is 3. The summed E-state index contributed by atoms with van der Waals surface area (Å²) in [6, 6.07) is 3.98. The number of hydrazone groups is 1. The van der Waals surface area contributed by atoms with Gasteiger partial charge in [0, 0.05) is 5.38 Å². The Balaban J connectivity index is 2.00. The first-order valence-electron chi connectivity index (χ1n) is 7.36. The second-order valence-electron chi connectivity index (χ2n) is 5.07. The van der Waals surface area contributed by atoms with Crippen molar-refractivity contribution in [3.8, 4) is 0 Å². The van der Waals surface area contributed by atoms with Crippen molar-refractivity contribution >= 4 is 28.7 Å². The minimum atomic E-state index is -4.40. The van der Waals surface area contributed by atoms with Crippen molar-refractivity contribution in [1.82, 2.24) is 4.98 Å². The van der Waals surface area contributed by atoms with E-state index < -0.39 is 11.7 Å². The number of aromatic nitrogens is 1. The fourth-order valence-corrected chi connectivity index (χ4v) is 2.65.